The average Bonchev–Trinajstić information content (AvgIpc) is 3.41. The van der Waals surface area contributed by atoms with Crippen LogP contribution in [-0.2, 0) is 0 Å². The number of terminal acetylenes is 1. The molecule has 1 heterocycles. The van der Waals surface area contributed by atoms with E-state index in [9.17, 15) is 0 Å². The highest BCUT2D eigenvalue weighted by atomic mass is 15.0. The van der Waals surface area contributed by atoms with Crippen molar-refractivity contribution in [2.45, 2.75) is 37.8 Å². The zero-order valence-corrected chi connectivity index (χ0v) is 13.8. The van der Waals surface area contributed by atoms with E-state index < -0.39 is 0 Å². The highest BCUT2D eigenvalue weighted by Crippen LogP contribution is 2.36. The minimum atomic E-state index is 0.0619. The molecule has 1 unspecified atom stereocenters. The summed E-state index contributed by atoms with van der Waals surface area (Å²) in [5, 5.41) is 7.03. The maximum Gasteiger partial charge on any atom is 0.0618 e. The molecule has 0 saturated heterocycles. The fourth-order valence-corrected chi connectivity index (χ4v) is 3.42. The Balaban J connectivity index is 1.56. The van der Waals surface area contributed by atoms with Crippen LogP contribution < -0.4 is 16.4 Å². The normalized spacial score (nSPS) is 28.8. The Kier molecular flexibility index (Phi) is 4.03. The van der Waals surface area contributed by atoms with E-state index in [1.54, 1.807) is 0 Å². The molecule has 0 aromatic heterocycles. The van der Waals surface area contributed by atoms with Gasteiger partial charge in [0.1, 0.15) is 0 Å². The van der Waals surface area contributed by atoms with Gasteiger partial charge < -0.3 is 16.4 Å². The summed E-state index contributed by atoms with van der Waals surface area (Å²) in [5.74, 6) is 3.81. The molecule has 4 N–H and O–H groups in total. The van der Waals surface area contributed by atoms with Gasteiger partial charge in [0.2, 0.25) is 0 Å². The molecule has 1 aromatic carbocycles. The third-order valence-corrected chi connectivity index (χ3v) is 5.28. The second kappa shape index (κ2) is 6.33. The van der Waals surface area contributed by atoms with Crippen molar-refractivity contribution in [3.63, 3.8) is 0 Å². The Bertz CT molecular complexity index is 717. The van der Waals surface area contributed by atoms with Crippen LogP contribution in [0.2, 0.25) is 0 Å². The van der Waals surface area contributed by atoms with Gasteiger partial charge in [-0.15, -0.1) is 12.3 Å². The van der Waals surface area contributed by atoms with Gasteiger partial charge in [0, 0.05) is 29.4 Å². The minimum Gasteiger partial charge on any atom is -0.378 e. The van der Waals surface area contributed by atoms with Gasteiger partial charge in [0.15, 0.2) is 0 Å². The Morgan fingerprint density at radius 3 is 2.75 bits per heavy atom. The van der Waals surface area contributed by atoms with E-state index >= 15 is 0 Å². The summed E-state index contributed by atoms with van der Waals surface area (Å²) >= 11 is 0. The van der Waals surface area contributed by atoms with Crippen LogP contribution in [0, 0.1) is 24.2 Å². The molecule has 2 fully saturated rings. The third kappa shape index (κ3) is 3.05. The first kappa shape index (κ1) is 15.3. The summed E-state index contributed by atoms with van der Waals surface area (Å²) in [6.45, 7) is 0.760. The molecule has 3 aliphatic rings. The van der Waals surface area contributed by atoms with Crippen LogP contribution in [0.1, 0.15) is 25.7 Å². The standard InChI is InChI=1S/C20H24N4/c1-2-13-9-15(10-13)22-11-16(20(21)14-7-8-14)19-12-23-17-5-3-4-6-18(17)24-19/h1,3-6,11,13-15,20,23-24H,7-10,12,21H2. The first-order valence-corrected chi connectivity index (χ1v) is 8.82. The minimum absolute atomic E-state index is 0.0619. The van der Waals surface area contributed by atoms with Crippen LogP contribution in [0.4, 0.5) is 11.4 Å². The topological polar surface area (TPSA) is 62.4 Å². The number of nitrogens with zero attached hydrogens (tertiary/aromatic N) is 1. The van der Waals surface area contributed by atoms with Crippen molar-refractivity contribution in [1.29, 1.82) is 0 Å². The third-order valence-electron chi connectivity index (χ3n) is 5.28. The number of hydrogen-bond donors (Lipinski definition) is 3. The lowest BCUT2D eigenvalue weighted by atomic mass is 9.81. The summed E-state index contributed by atoms with van der Waals surface area (Å²) in [7, 11) is 0. The second-order valence-corrected chi connectivity index (χ2v) is 7.09. The molecule has 1 aromatic rings. The number of anilines is 2. The molecule has 2 aliphatic carbocycles. The first-order valence-electron chi connectivity index (χ1n) is 8.82. The number of nitrogens with one attached hydrogen (secondary N) is 2. The fourth-order valence-electron chi connectivity index (χ4n) is 3.42. The van der Waals surface area contributed by atoms with Crippen LogP contribution in [0.3, 0.4) is 0 Å². The largest absolute Gasteiger partial charge is 0.378 e. The van der Waals surface area contributed by atoms with Crippen molar-refractivity contribution in [2.75, 3.05) is 17.2 Å². The molecule has 24 heavy (non-hydrogen) atoms. The zero-order chi connectivity index (χ0) is 16.5. The number of benzene rings is 1. The van der Waals surface area contributed by atoms with Gasteiger partial charge in [-0.05, 0) is 43.7 Å². The average molecular weight is 320 g/mol. The quantitative estimate of drug-likeness (QED) is 0.590. The number of aliphatic imine (C=N–C) groups is 1. The van der Waals surface area contributed by atoms with Gasteiger partial charge in [-0.25, -0.2) is 0 Å². The van der Waals surface area contributed by atoms with Crippen LogP contribution in [0.25, 0.3) is 0 Å². The molecule has 0 radical (unpaired) electrons. The van der Waals surface area contributed by atoms with Gasteiger partial charge in [0.25, 0.3) is 0 Å². The molecule has 4 nitrogen and oxygen atoms in total. The molecule has 0 spiro atoms. The van der Waals surface area contributed by atoms with Crippen LogP contribution in [0.15, 0.2) is 40.5 Å². The highest BCUT2D eigenvalue weighted by Gasteiger charge is 2.33. The number of fused-ring (bicyclic) bond motifs is 1. The van der Waals surface area contributed by atoms with Crippen LogP contribution in [-0.4, -0.2) is 24.8 Å². The zero-order valence-electron chi connectivity index (χ0n) is 13.8. The molecule has 0 bridgehead atoms. The molecular weight excluding hydrogens is 296 g/mol. The summed E-state index contributed by atoms with van der Waals surface area (Å²) in [5.41, 5.74) is 11.0. The summed E-state index contributed by atoms with van der Waals surface area (Å²) in [4.78, 5) is 4.76. The lowest BCUT2D eigenvalue weighted by Crippen LogP contribution is -2.32. The van der Waals surface area contributed by atoms with Crippen LogP contribution in [0.5, 0.6) is 0 Å². The lowest BCUT2D eigenvalue weighted by molar-refractivity contribution is 0.338. The van der Waals surface area contributed by atoms with Gasteiger partial charge in [-0.3, -0.25) is 4.99 Å². The molecule has 2 saturated carbocycles. The summed E-state index contributed by atoms with van der Waals surface area (Å²) < 4.78 is 0. The highest BCUT2D eigenvalue weighted by molar-refractivity contribution is 5.85. The van der Waals surface area contributed by atoms with Crippen molar-refractivity contribution in [3.05, 3.63) is 35.5 Å². The molecule has 4 rings (SSSR count). The van der Waals surface area contributed by atoms with Crippen molar-refractivity contribution >= 4 is 17.6 Å². The predicted molar refractivity (Wildman–Crippen MR) is 100 cm³/mol. The Morgan fingerprint density at radius 1 is 1.29 bits per heavy atom. The molecule has 0 amide bonds. The Hall–Kier alpha value is -2.25. The summed E-state index contributed by atoms with van der Waals surface area (Å²) in [6, 6.07) is 8.67. The molecule has 1 atom stereocenters. The maximum atomic E-state index is 6.52. The smallest absolute Gasteiger partial charge is 0.0618 e. The van der Waals surface area contributed by atoms with Crippen LogP contribution >= 0.6 is 0 Å². The van der Waals surface area contributed by atoms with Gasteiger partial charge >= 0.3 is 0 Å². The summed E-state index contributed by atoms with van der Waals surface area (Å²) in [6.07, 6.45) is 11.9. The Morgan fingerprint density at radius 2 is 2.04 bits per heavy atom. The van der Waals surface area contributed by atoms with E-state index in [1.165, 1.54) is 12.8 Å². The number of hydrogen-bond acceptors (Lipinski definition) is 4. The van der Waals surface area contributed by atoms with Crippen molar-refractivity contribution in [2.24, 2.45) is 22.6 Å². The molecular formula is C20H24N4. The maximum absolute atomic E-state index is 6.52. The van der Waals surface area contributed by atoms with Gasteiger partial charge in [-0.1, -0.05) is 12.1 Å². The van der Waals surface area contributed by atoms with E-state index in [2.05, 4.69) is 28.7 Å². The molecule has 4 heteroatoms. The van der Waals surface area contributed by atoms with E-state index in [1.807, 2.05) is 18.3 Å². The van der Waals surface area contributed by atoms with Crippen molar-refractivity contribution in [1.82, 2.24) is 0 Å². The first-order chi connectivity index (χ1) is 11.7. The second-order valence-electron chi connectivity index (χ2n) is 7.09. The number of rotatable bonds is 4. The van der Waals surface area contributed by atoms with Crippen molar-refractivity contribution in [3.8, 4) is 12.3 Å². The molecule has 1 aliphatic heterocycles. The Labute approximate surface area is 143 Å². The van der Waals surface area contributed by atoms with Gasteiger partial charge in [-0.2, -0.15) is 0 Å². The fraction of sp³-hybridized carbons (Fsp3) is 0.450. The van der Waals surface area contributed by atoms with E-state index in [0.29, 0.717) is 17.9 Å². The van der Waals surface area contributed by atoms with Crippen molar-refractivity contribution < 1.29 is 0 Å². The van der Waals surface area contributed by atoms with E-state index in [0.717, 1.165) is 42.0 Å². The monoisotopic (exact) mass is 320 g/mol. The predicted octanol–water partition coefficient (Wildman–Crippen LogP) is 3.00. The SMILES string of the molecule is C#CC1CC(N=CC(=C2CNc3ccccc3N2)C(N)C2CC2)C1. The van der Waals surface area contributed by atoms with E-state index in [-0.39, 0.29) is 6.04 Å². The van der Waals surface area contributed by atoms with Gasteiger partial charge in [0.05, 0.1) is 24.0 Å². The lowest BCUT2D eigenvalue weighted by Gasteiger charge is -2.29. The number of nitrogens with two attached hydrogens (primary N) is 1. The van der Waals surface area contributed by atoms with E-state index in [4.69, 9.17) is 17.1 Å². The molecule has 124 valence electrons. The number of para-hydroxylation sites is 2.